The monoisotopic (exact) mass is 356 g/mol. The highest BCUT2D eigenvalue weighted by atomic mass is 16.5. The molecule has 0 aliphatic rings. The smallest absolute Gasteiger partial charge is 0.233 e. The second-order valence-electron chi connectivity index (χ2n) is 5.61. The fourth-order valence-electron chi connectivity index (χ4n) is 2.43. The molecule has 6 nitrogen and oxygen atoms in total. The molecule has 138 valence electrons. The van der Waals surface area contributed by atoms with Crippen molar-refractivity contribution in [2.24, 2.45) is 0 Å². The van der Waals surface area contributed by atoms with Crippen molar-refractivity contribution in [1.82, 2.24) is 5.32 Å². The van der Waals surface area contributed by atoms with E-state index in [0.29, 0.717) is 31.0 Å². The van der Waals surface area contributed by atoms with Crippen LogP contribution in [-0.2, 0) is 16.0 Å². The van der Waals surface area contributed by atoms with E-state index in [9.17, 15) is 9.59 Å². The van der Waals surface area contributed by atoms with E-state index in [4.69, 9.17) is 9.47 Å². The molecule has 0 aliphatic heterocycles. The highest BCUT2D eigenvalue weighted by molar-refractivity contribution is 6.04. The van der Waals surface area contributed by atoms with Crippen molar-refractivity contribution >= 4 is 17.5 Å². The minimum atomic E-state index is -0.379. The second kappa shape index (κ2) is 10.1. The number of rotatable bonds is 9. The third kappa shape index (κ3) is 6.12. The molecule has 0 aromatic heterocycles. The summed E-state index contributed by atoms with van der Waals surface area (Å²) in [7, 11) is 1.61. The van der Waals surface area contributed by atoms with E-state index in [1.165, 1.54) is 0 Å². The fourth-order valence-corrected chi connectivity index (χ4v) is 2.43. The Balaban J connectivity index is 1.77. The summed E-state index contributed by atoms with van der Waals surface area (Å²) >= 11 is 0. The van der Waals surface area contributed by atoms with Crippen molar-refractivity contribution in [2.45, 2.75) is 19.8 Å². The first-order chi connectivity index (χ1) is 12.6. The third-order valence-corrected chi connectivity index (χ3v) is 3.65. The average Bonchev–Trinajstić information content (AvgIpc) is 2.63. The minimum absolute atomic E-state index is 0.238. The zero-order valence-electron chi connectivity index (χ0n) is 15.1. The molecule has 0 saturated heterocycles. The molecule has 2 amide bonds. The summed E-state index contributed by atoms with van der Waals surface area (Å²) in [5.74, 6) is 0.665. The molecule has 0 saturated carbocycles. The first-order valence-electron chi connectivity index (χ1n) is 8.53. The molecular formula is C20H24N2O4. The lowest BCUT2D eigenvalue weighted by Gasteiger charge is -2.11. The van der Waals surface area contributed by atoms with E-state index >= 15 is 0 Å². The number of methoxy groups -OCH3 is 1. The first-order valence-corrected chi connectivity index (χ1v) is 8.53. The SMILES string of the molecule is CCOc1ccccc1NC(=O)CC(=O)NCCc1cccc(OC)c1. The summed E-state index contributed by atoms with van der Waals surface area (Å²) in [6, 6.07) is 14.8. The van der Waals surface area contributed by atoms with E-state index in [2.05, 4.69) is 10.6 Å². The Hall–Kier alpha value is -3.02. The highest BCUT2D eigenvalue weighted by Gasteiger charge is 2.11. The number of ether oxygens (including phenoxy) is 2. The van der Waals surface area contributed by atoms with Crippen LogP contribution in [0.15, 0.2) is 48.5 Å². The maximum atomic E-state index is 12.1. The lowest BCUT2D eigenvalue weighted by molar-refractivity contribution is -0.126. The normalized spacial score (nSPS) is 10.1. The topological polar surface area (TPSA) is 76.7 Å². The first kappa shape index (κ1) is 19.3. The van der Waals surface area contributed by atoms with Crippen molar-refractivity contribution in [2.75, 3.05) is 25.6 Å². The zero-order valence-corrected chi connectivity index (χ0v) is 15.1. The van der Waals surface area contributed by atoms with Crippen LogP contribution < -0.4 is 20.1 Å². The molecule has 2 rings (SSSR count). The number of benzene rings is 2. The Kier molecular flexibility index (Phi) is 7.49. The van der Waals surface area contributed by atoms with Gasteiger partial charge in [-0.15, -0.1) is 0 Å². The number of anilines is 1. The Morgan fingerprint density at radius 2 is 1.85 bits per heavy atom. The fraction of sp³-hybridized carbons (Fsp3) is 0.300. The molecule has 0 bridgehead atoms. The number of carbonyl (C=O) groups excluding carboxylic acids is 2. The maximum absolute atomic E-state index is 12.1. The van der Waals surface area contributed by atoms with Crippen molar-refractivity contribution in [3.63, 3.8) is 0 Å². The highest BCUT2D eigenvalue weighted by Crippen LogP contribution is 2.23. The van der Waals surface area contributed by atoms with Gasteiger partial charge in [0.1, 0.15) is 17.9 Å². The van der Waals surface area contributed by atoms with Gasteiger partial charge in [0.15, 0.2) is 0 Å². The summed E-state index contributed by atoms with van der Waals surface area (Å²) in [6.07, 6.45) is 0.427. The van der Waals surface area contributed by atoms with E-state index in [1.54, 1.807) is 25.3 Å². The van der Waals surface area contributed by atoms with Gasteiger partial charge in [-0.1, -0.05) is 24.3 Å². The number of hydrogen-bond donors (Lipinski definition) is 2. The van der Waals surface area contributed by atoms with Crippen LogP contribution in [0.2, 0.25) is 0 Å². The van der Waals surface area contributed by atoms with Gasteiger partial charge < -0.3 is 20.1 Å². The van der Waals surface area contributed by atoms with Crippen LogP contribution in [-0.4, -0.2) is 32.1 Å². The predicted molar refractivity (Wildman–Crippen MR) is 101 cm³/mol. The Morgan fingerprint density at radius 3 is 2.62 bits per heavy atom. The van der Waals surface area contributed by atoms with E-state index in [-0.39, 0.29) is 18.2 Å². The molecule has 0 aliphatic carbocycles. The molecule has 2 aromatic rings. The average molecular weight is 356 g/mol. The van der Waals surface area contributed by atoms with Crippen molar-refractivity contribution in [1.29, 1.82) is 0 Å². The Labute approximate surface area is 153 Å². The largest absolute Gasteiger partial charge is 0.497 e. The molecule has 2 aromatic carbocycles. The zero-order chi connectivity index (χ0) is 18.8. The van der Waals surface area contributed by atoms with Crippen LogP contribution in [0.4, 0.5) is 5.69 Å². The van der Waals surface area contributed by atoms with Crippen molar-refractivity contribution in [3.05, 3.63) is 54.1 Å². The van der Waals surface area contributed by atoms with Gasteiger partial charge in [0.25, 0.3) is 0 Å². The number of para-hydroxylation sites is 2. The van der Waals surface area contributed by atoms with Crippen molar-refractivity contribution < 1.29 is 19.1 Å². The molecular weight excluding hydrogens is 332 g/mol. The van der Waals surface area contributed by atoms with E-state index in [1.807, 2.05) is 37.3 Å². The number of amides is 2. The van der Waals surface area contributed by atoms with Crippen LogP contribution in [0.3, 0.4) is 0 Å². The van der Waals surface area contributed by atoms with Crippen LogP contribution in [0.5, 0.6) is 11.5 Å². The minimum Gasteiger partial charge on any atom is -0.497 e. The van der Waals surface area contributed by atoms with Crippen LogP contribution in [0, 0.1) is 0 Å². The van der Waals surface area contributed by atoms with E-state index < -0.39 is 0 Å². The molecule has 6 heteroatoms. The van der Waals surface area contributed by atoms with Crippen LogP contribution >= 0.6 is 0 Å². The van der Waals surface area contributed by atoms with Gasteiger partial charge in [-0.3, -0.25) is 9.59 Å². The van der Waals surface area contributed by atoms with Gasteiger partial charge in [-0.2, -0.15) is 0 Å². The Morgan fingerprint density at radius 1 is 1.04 bits per heavy atom. The molecule has 0 radical (unpaired) electrons. The number of hydrogen-bond acceptors (Lipinski definition) is 4. The maximum Gasteiger partial charge on any atom is 0.233 e. The van der Waals surface area contributed by atoms with Crippen molar-refractivity contribution in [3.8, 4) is 11.5 Å². The van der Waals surface area contributed by atoms with Gasteiger partial charge in [-0.25, -0.2) is 0 Å². The van der Waals surface area contributed by atoms with Crippen LogP contribution in [0.1, 0.15) is 18.9 Å². The molecule has 0 heterocycles. The van der Waals surface area contributed by atoms with Gasteiger partial charge >= 0.3 is 0 Å². The lowest BCUT2D eigenvalue weighted by Crippen LogP contribution is -2.29. The predicted octanol–water partition coefficient (Wildman–Crippen LogP) is 2.78. The summed E-state index contributed by atoms with van der Waals surface area (Å²) in [5.41, 5.74) is 1.61. The standard InChI is InChI=1S/C20H24N2O4/c1-3-26-18-10-5-4-9-17(18)22-20(24)14-19(23)21-12-11-15-7-6-8-16(13-15)25-2/h4-10,13H,3,11-12,14H2,1-2H3,(H,21,23)(H,22,24). The number of carbonyl (C=O) groups is 2. The third-order valence-electron chi connectivity index (χ3n) is 3.65. The van der Waals surface area contributed by atoms with Crippen LogP contribution in [0.25, 0.3) is 0 Å². The molecule has 2 N–H and O–H groups in total. The summed E-state index contributed by atoms with van der Waals surface area (Å²) < 4.78 is 10.6. The molecule has 0 fully saturated rings. The molecule has 26 heavy (non-hydrogen) atoms. The number of nitrogens with one attached hydrogen (secondary N) is 2. The summed E-state index contributed by atoms with van der Waals surface area (Å²) in [5, 5.41) is 5.46. The van der Waals surface area contributed by atoms with Gasteiger partial charge in [0.2, 0.25) is 11.8 Å². The molecule has 0 spiro atoms. The van der Waals surface area contributed by atoms with Gasteiger partial charge in [0, 0.05) is 6.54 Å². The summed E-state index contributed by atoms with van der Waals surface area (Å²) in [6.45, 7) is 2.82. The summed E-state index contributed by atoms with van der Waals surface area (Å²) in [4.78, 5) is 24.0. The quantitative estimate of drug-likeness (QED) is 0.678. The molecule has 0 atom stereocenters. The van der Waals surface area contributed by atoms with Gasteiger partial charge in [-0.05, 0) is 43.2 Å². The van der Waals surface area contributed by atoms with E-state index in [0.717, 1.165) is 11.3 Å². The lowest BCUT2D eigenvalue weighted by atomic mass is 10.1. The second-order valence-corrected chi connectivity index (χ2v) is 5.61. The van der Waals surface area contributed by atoms with Gasteiger partial charge in [0.05, 0.1) is 19.4 Å². The molecule has 0 unspecified atom stereocenters. The Bertz CT molecular complexity index is 746.